The summed E-state index contributed by atoms with van der Waals surface area (Å²) in [5.74, 6) is 1.40. The molecule has 3 aromatic rings. The number of amidine groups is 1. The number of rotatable bonds is 6. The molecule has 2 aromatic carbocycles. The molecule has 9 heteroatoms. The fourth-order valence-corrected chi connectivity index (χ4v) is 4.38. The van der Waals surface area contributed by atoms with Crippen molar-refractivity contribution in [3.63, 3.8) is 0 Å². The Morgan fingerprint density at radius 1 is 1.09 bits per heavy atom. The van der Waals surface area contributed by atoms with Gasteiger partial charge in [-0.25, -0.2) is 15.0 Å². The lowest BCUT2D eigenvalue weighted by Crippen LogP contribution is -2.36. The van der Waals surface area contributed by atoms with Crippen LogP contribution in [0.25, 0.3) is 11.3 Å². The first-order valence-corrected chi connectivity index (χ1v) is 11.7. The fraction of sp³-hybridized carbons (Fsp3) is 0.308. The average molecular weight is 469 g/mol. The topological polar surface area (TPSA) is 102 Å². The maximum absolute atomic E-state index is 9.63. The fourth-order valence-electron chi connectivity index (χ4n) is 4.38. The first-order valence-electron chi connectivity index (χ1n) is 11.7. The highest BCUT2D eigenvalue weighted by Crippen LogP contribution is 2.29. The molecule has 0 bridgehead atoms. The maximum atomic E-state index is 9.63. The third kappa shape index (κ3) is 5.18. The van der Waals surface area contributed by atoms with Crippen LogP contribution in [0.4, 0.5) is 23.0 Å². The van der Waals surface area contributed by atoms with E-state index in [0.29, 0.717) is 24.3 Å². The van der Waals surface area contributed by atoms with Crippen LogP contribution in [-0.2, 0) is 4.74 Å². The quantitative estimate of drug-likeness (QED) is 0.558. The highest BCUT2D eigenvalue weighted by Gasteiger charge is 2.20. The van der Waals surface area contributed by atoms with Gasteiger partial charge >= 0.3 is 0 Å². The summed E-state index contributed by atoms with van der Waals surface area (Å²) in [5, 5.41) is 14.9. The second kappa shape index (κ2) is 9.99. The number of nitriles is 1. The molecule has 0 radical (unpaired) electrons. The summed E-state index contributed by atoms with van der Waals surface area (Å²) in [7, 11) is 1.77. The normalized spacial score (nSPS) is 16.0. The van der Waals surface area contributed by atoms with E-state index in [-0.39, 0.29) is 0 Å². The van der Waals surface area contributed by atoms with Crippen molar-refractivity contribution in [3.05, 3.63) is 60.3 Å². The first kappa shape index (κ1) is 22.6. The number of ether oxygens (including phenoxy) is 1. The van der Waals surface area contributed by atoms with Crippen LogP contribution in [0.5, 0.6) is 0 Å². The Hall–Kier alpha value is -4.16. The molecule has 5 rings (SSSR count). The molecule has 178 valence electrons. The zero-order valence-corrected chi connectivity index (χ0v) is 19.9. The Morgan fingerprint density at radius 2 is 1.89 bits per heavy atom. The number of piperidine rings is 1. The van der Waals surface area contributed by atoms with Gasteiger partial charge in [0.2, 0.25) is 5.95 Å². The Labute approximate surface area is 205 Å². The molecule has 0 atom stereocenters. The van der Waals surface area contributed by atoms with E-state index < -0.39 is 0 Å². The van der Waals surface area contributed by atoms with Crippen molar-refractivity contribution in [1.29, 1.82) is 5.26 Å². The minimum absolute atomic E-state index is 0.304. The van der Waals surface area contributed by atoms with Crippen LogP contribution in [0.3, 0.4) is 0 Å². The van der Waals surface area contributed by atoms with Crippen LogP contribution in [0.2, 0.25) is 0 Å². The van der Waals surface area contributed by atoms with E-state index in [1.807, 2.05) is 54.4 Å². The number of nitrogens with one attached hydrogen (secondary N) is 2. The van der Waals surface area contributed by atoms with E-state index in [1.54, 1.807) is 13.3 Å². The van der Waals surface area contributed by atoms with Gasteiger partial charge in [0.05, 0.1) is 29.1 Å². The SMILES string of the molecule is COC1CCN(c2cc(C#N)cc(-c3ccnc(Nc4ccc(N5CN=C(C)N5)cc4)n3)c2)CC1. The summed E-state index contributed by atoms with van der Waals surface area (Å²) in [4.78, 5) is 15.8. The van der Waals surface area contributed by atoms with Gasteiger partial charge in [-0.3, -0.25) is 10.4 Å². The van der Waals surface area contributed by atoms with Crippen molar-refractivity contribution in [2.45, 2.75) is 25.9 Å². The lowest BCUT2D eigenvalue weighted by Gasteiger charge is -2.33. The molecule has 0 unspecified atom stereocenters. The molecule has 3 heterocycles. The van der Waals surface area contributed by atoms with E-state index in [0.717, 1.165) is 60.1 Å². The summed E-state index contributed by atoms with van der Waals surface area (Å²) in [6.45, 7) is 4.34. The molecule has 1 saturated heterocycles. The number of aliphatic imine (C=N–C) groups is 1. The number of methoxy groups -OCH3 is 1. The Morgan fingerprint density at radius 3 is 2.57 bits per heavy atom. The molecular formula is C26H28N8O. The largest absolute Gasteiger partial charge is 0.381 e. The van der Waals surface area contributed by atoms with E-state index in [2.05, 4.69) is 37.8 Å². The number of hydrazine groups is 1. The van der Waals surface area contributed by atoms with E-state index in [1.165, 1.54) is 0 Å². The number of hydrogen-bond acceptors (Lipinski definition) is 9. The third-order valence-electron chi connectivity index (χ3n) is 6.32. The molecule has 9 nitrogen and oxygen atoms in total. The minimum Gasteiger partial charge on any atom is -0.381 e. The van der Waals surface area contributed by atoms with Crippen LogP contribution >= 0.6 is 0 Å². The molecule has 0 saturated carbocycles. The zero-order chi connectivity index (χ0) is 24.2. The standard InChI is InChI=1S/C26H28N8O/c1-18-29-17-34(32-18)22-5-3-21(4-6-22)30-26-28-10-7-25(31-26)20-13-19(16-27)14-23(15-20)33-11-8-24(35-2)9-12-33/h3-7,10,13-15,24H,8-9,11-12,17H2,1-2H3,(H,29,32)(H,28,30,31). The van der Waals surface area contributed by atoms with E-state index in [9.17, 15) is 5.26 Å². The molecule has 2 aliphatic heterocycles. The lowest BCUT2D eigenvalue weighted by molar-refractivity contribution is 0.0819. The Balaban J connectivity index is 1.33. The van der Waals surface area contributed by atoms with Crippen LogP contribution in [0.1, 0.15) is 25.3 Å². The van der Waals surface area contributed by atoms with Crippen LogP contribution in [0.15, 0.2) is 59.7 Å². The van der Waals surface area contributed by atoms with Crippen molar-refractivity contribution in [2.75, 3.05) is 42.1 Å². The van der Waals surface area contributed by atoms with Gasteiger partial charge in [-0.2, -0.15) is 5.26 Å². The highest BCUT2D eigenvalue weighted by molar-refractivity contribution is 5.83. The van der Waals surface area contributed by atoms with Gasteiger partial charge in [-0.1, -0.05) is 0 Å². The average Bonchev–Trinajstić information content (AvgIpc) is 3.35. The number of nitrogens with zero attached hydrogens (tertiary/aromatic N) is 6. The summed E-state index contributed by atoms with van der Waals surface area (Å²) in [6, 6.07) is 18.1. The Kier molecular flexibility index (Phi) is 6.46. The summed E-state index contributed by atoms with van der Waals surface area (Å²) in [5.41, 5.74) is 8.43. The molecule has 35 heavy (non-hydrogen) atoms. The number of anilines is 4. The number of benzene rings is 2. The lowest BCUT2D eigenvalue weighted by atomic mass is 10.0. The van der Waals surface area contributed by atoms with Crippen LogP contribution in [-0.4, -0.2) is 48.8 Å². The van der Waals surface area contributed by atoms with Gasteiger partial charge in [0.1, 0.15) is 12.5 Å². The van der Waals surface area contributed by atoms with Crippen molar-refractivity contribution >= 4 is 28.8 Å². The monoisotopic (exact) mass is 468 g/mol. The van der Waals surface area contributed by atoms with Crippen LogP contribution < -0.4 is 20.7 Å². The summed E-state index contributed by atoms with van der Waals surface area (Å²) >= 11 is 0. The molecule has 1 aromatic heterocycles. The van der Waals surface area contributed by atoms with Crippen molar-refractivity contribution in [1.82, 2.24) is 15.4 Å². The smallest absolute Gasteiger partial charge is 0.227 e. The van der Waals surface area contributed by atoms with Gasteiger partial charge in [0.15, 0.2) is 0 Å². The third-order valence-corrected chi connectivity index (χ3v) is 6.32. The maximum Gasteiger partial charge on any atom is 0.227 e. The van der Waals surface area contributed by atoms with E-state index in [4.69, 9.17) is 9.72 Å². The van der Waals surface area contributed by atoms with Crippen molar-refractivity contribution in [2.24, 2.45) is 4.99 Å². The molecule has 1 fully saturated rings. The zero-order valence-electron chi connectivity index (χ0n) is 19.9. The van der Waals surface area contributed by atoms with Gasteiger partial charge in [-0.15, -0.1) is 0 Å². The number of hydrogen-bond donors (Lipinski definition) is 2. The molecule has 0 amide bonds. The predicted octanol–water partition coefficient (Wildman–Crippen LogP) is 4.07. The molecule has 0 aliphatic carbocycles. The van der Waals surface area contributed by atoms with E-state index >= 15 is 0 Å². The van der Waals surface area contributed by atoms with Crippen molar-refractivity contribution < 1.29 is 4.74 Å². The minimum atomic E-state index is 0.304. The summed E-state index contributed by atoms with van der Waals surface area (Å²) < 4.78 is 5.50. The second-order valence-corrected chi connectivity index (χ2v) is 8.66. The number of aromatic nitrogens is 2. The first-order chi connectivity index (χ1) is 17.1. The molecule has 2 aliphatic rings. The molecule has 2 N–H and O–H groups in total. The van der Waals surface area contributed by atoms with Gasteiger partial charge in [-0.05, 0) is 68.3 Å². The predicted molar refractivity (Wildman–Crippen MR) is 138 cm³/mol. The van der Waals surface area contributed by atoms with Crippen molar-refractivity contribution in [3.8, 4) is 17.3 Å². The molecular weight excluding hydrogens is 440 g/mol. The second-order valence-electron chi connectivity index (χ2n) is 8.66. The van der Waals surface area contributed by atoms with Gasteiger partial charge in [0, 0.05) is 43.3 Å². The summed E-state index contributed by atoms with van der Waals surface area (Å²) in [6.07, 6.45) is 3.99. The highest BCUT2D eigenvalue weighted by atomic mass is 16.5. The van der Waals surface area contributed by atoms with Gasteiger partial charge in [0.25, 0.3) is 0 Å². The molecule has 0 spiro atoms. The van der Waals surface area contributed by atoms with Crippen LogP contribution in [0, 0.1) is 11.3 Å². The van der Waals surface area contributed by atoms with Gasteiger partial charge < -0.3 is 15.0 Å². The Bertz CT molecular complexity index is 1260.